The summed E-state index contributed by atoms with van der Waals surface area (Å²) in [6, 6.07) is 6.33. The van der Waals surface area contributed by atoms with Crippen LogP contribution in [0.4, 0.5) is 5.82 Å². The summed E-state index contributed by atoms with van der Waals surface area (Å²) >= 11 is 1.69. The van der Waals surface area contributed by atoms with Crippen LogP contribution in [-0.4, -0.2) is 35.9 Å². The number of nitrogens with one attached hydrogen (secondary N) is 2. The highest BCUT2D eigenvalue weighted by atomic mass is 32.1. The minimum Gasteiger partial charge on any atom is -0.496 e. The van der Waals surface area contributed by atoms with Crippen LogP contribution in [0.25, 0.3) is 10.2 Å². The number of anilines is 1. The topological polar surface area (TPSA) is 63.8 Å². The second-order valence-electron chi connectivity index (χ2n) is 7.66. The number of aryl methyl sites for hydroxylation is 2. The van der Waals surface area contributed by atoms with E-state index in [9.17, 15) is 0 Å². The van der Waals surface area contributed by atoms with Crippen molar-refractivity contribution in [2.75, 3.05) is 25.6 Å². The van der Waals surface area contributed by atoms with Crippen LogP contribution in [-0.2, 0) is 6.54 Å². The maximum absolute atomic E-state index is 5.60. The average Bonchev–Trinajstić information content (AvgIpc) is 3.34. The van der Waals surface area contributed by atoms with Crippen LogP contribution in [0.1, 0.15) is 41.3 Å². The lowest BCUT2D eigenvalue weighted by molar-refractivity contribution is -0.901. The fourth-order valence-corrected chi connectivity index (χ4v) is 4.93. The van der Waals surface area contributed by atoms with Crippen molar-refractivity contribution in [2.45, 2.75) is 40.2 Å². The van der Waals surface area contributed by atoms with E-state index in [4.69, 9.17) is 4.74 Å². The van der Waals surface area contributed by atoms with E-state index in [1.165, 1.54) is 41.9 Å². The Bertz CT molecular complexity index is 1050. The summed E-state index contributed by atoms with van der Waals surface area (Å²) in [6.45, 7) is 9.72. The molecule has 4 rings (SSSR count). The average molecular weight is 411 g/mol. The molecule has 0 bridgehead atoms. The Balaban J connectivity index is 1.59. The van der Waals surface area contributed by atoms with Crippen LogP contribution >= 0.6 is 11.3 Å². The van der Waals surface area contributed by atoms with Crippen molar-refractivity contribution in [3.8, 4) is 5.75 Å². The number of likely N-dealkylation sites (tertiary alicyclic amines) is 1. The molecule has 0 atom stereocenters. The molecule has 3 aromatic rings. The van der Waals surface area contributed by atoms with Crippen LogP contribution < -0.4 is 15.1 Å². The third-order valence-corrected chi connectivity index (χ3v) is 6.86. The zero-order valence-corrected chi connectivity index (χ0v) is 18.3. The Labute approximate surface area is 175 Å². The minimum atomic E-state index is 0.756. The molecule has 29 heavy (non-hydrogen) atoms. The molecule has 1 aliphatic heterocycles. The fourth-order valence-electron chi connectivity index (χ4n) is 3.93. The summed E-state index contributed by atoms with van der Waals surface area (Å²) in [5.41, 5.74) is 7.63. The number of hydrazone groups is 1. The van der Waals surface area contributed by atoms with E-state index in [1.807, 2.05) is 6.92 Å². The number of aromatic nitrogens is 2. The molecule has 0 radical (unpaired) electrons. The molecule has 152 valence electrons. The standard InChI is InChI=1S/C22H27N5OS/c1-14-16(3)29-22-20(14)21(23-13-24-22)26-25-15(2)17-7-8-19(28-4)18(11-17)12-27-9-5-6-10-27/h7-8,11,13H,5-6,9-10,12H2,1-4H3,(H,23,24,26)/p+1/b25-15-. The maximum Gasteiger partial charge on any atom is 0.158 e. The van der Waals surface area contributed by atoms with Gasteiger partial charge in [-0.25, -0.2) is 9.97 Å². The smallest absolute Gasteiger partial charge is 0.158 e. The molecule has 0 amide bonds. The molecular weight excluding hydrogens is 382 g/mol. The first kappa shape index (κ1) is 19.8. The first-order chi connectivity index (χ1) is 14.1. The van der Waals surface area contributed by atoms with Crippen LogP contribution in [0, 0.1) is 13.8 Å². The number of benzene rings is 1. The first-order valence-electron chi connectivity index (χ1n) is 10.1. The normalized spacial score (nSPS) is 15.2. The number of thiophene rings is 1. The van der Waals surface area contributed by atoms with Gasteiger partial charge in [-0.3, -0.25) is 5.43 Å². The zero-order valence-electron chi connectivity index (χ0n) is 17.5. The molecule has 0 unspecified atom stereocenters. The molecule has 2 aromatic heterocycles. The highest BCUT2D eigenvalue weighted by Gasteiger charge is 2.18. The van der Waals surface area contributed by atoms with Crippen molar-refractivity contribution in [3.63, 3.8) is 0 Å². The number of hydrogen-bond donors (Lipinski definition) is 2. The summed E-state index contributed by atoms with van der Waals surface area (Å²) in [5, 5.41) is 5.68. The van der Waals surface area contributed by atoms with Gasteiger partial charge < -0.3 is 9.64 Å². The molecule has 1 aliphatic rings. The Hall–Kier alpha value is -2.51. The minimum absolute atomic E-state index is 0.756. The Kier molecular flexibility index (Phi) is 5.78. The van der Waals surface area contributed by atoms with Crippen LogP contribution in [0.2, 0.25) is 0 Å². The van der Waals surface area contributed by atoms with Gasteiger partial charge in [0.2, 0.25) is 0 Å². The summed E-state index contributed by atoms with van der Waals surface area (Å²) in [6.07, 6.45) is 4.22. The SMILES string of the molecule is COc1ccc(/C(C)=N\Nc2ncnc3sc(C)c(C)c23)cc1C[NH+]1CCCC1. The summed E-state index contributed by atoms with van der Waals surface area (Å²) < 4.78 is 5.60. The number of methoxy groups -OCH3 is 1. The highest BCUT2D eigenvalue weighted by Crippen LogP contribution is 2.32. The van der Waals surface area contributed by atoms with Gasteiger partial charge in [0, 0.05) is 23.3 Å². The predicted molar refractivity (Wildman–Crippen MR) is 119 cm³/mol. The molecule has 1 fully saturated rings. The van der Waals surface area contributed by atoms with Gasteiger partial charge in [0.05, 0.1) is 31.3 Å². The van der Waals surface area contributed by atoms with E-state index in [1.54, 1.807) is 29.7 Å². The van der Waals surface area contributed by atoms with Gasteiger partial charge in [-0.2, -0.15) is 5.10 Å². The Morgan fingerprint density at radius 1 is 1.24 bits per heavy atom. The van der Waals surface area contributed by atoms with E-state index in [-0.39, 0.29) is 0 Å². The number of hydrogen-bond acceptors (Lipinski definition) is 6. The Morgan fingerprint density at radius 3 is 2.79 bits per heavy atom. The summed E-state index contributed by atoms with van der Waals surface area (Å²) in [4.78, 5) is 12.7. The van der Waals surface area contributed by atoms with E-state index in [0.717, 1.165) is 39.6 Å². The van der Waals surface area contributed by atoms with E-state index in [0.29, 0.717) is 0 Å². The van der Waals surface area contributed by atoms with Crippen LogP contribution in [0.15, 0.2) is 29.6 Å². The first-order valence-corrected chi connectivity index (χ1v) is 10.9. The molecule has 1 saturated heterocycles. The van der Waals surface area contributed by atoms with E-state index < -0.39 is 0 Å². The molecule has 1 aromatic carbocycles. The van der Waals surface area contributed by atoms with Gasteiger partial charge >= 0.3 is 0 Å². The maximum atomic E-state index is 5.60. The van der Waals surface area contributed by atoms with Gasteiger partial charge in [0.15, 0.2) is 5.82 Å². The lowest BCUT2D eigenvalue weighted by Crippen LogP contribution is -3.08. The monoisotopic (exact) mass is 410 g/mol. The van der Waals surface area contributed by atoms with Gasteiger partial charge in [-0.05, 0) is 50.1 Å². The number of fused-ring (bicyclic) bond motifs is 1. The van der Waals surface area contributed by atoms with Gasteiger partial charge in [0.25, 0.3) is 0 Å². The lowest BCUT2D eigenvalue weighted by Gasteiger charge is -2.15. The van der Waals surface area contributed by atoms with E-state index >= 15 is 0 Å². The van der Waals surface area contributed by atoms with Crippen molar-refractivity contribution in [1.82, 2.24) is 9.97 Å². The second kappa shape index (κ2) is 8.47. The third-order valence-electron chi connectivity index (χ3n) is 5.74. The van der Waals surface area contributed by atoms with Crippen molar-refractivity contribution >= 4 is 33.1 Å². The predicted octanol–water partition coefficient (Wildman–Crippen LogP) is 3.33. The van der Waals surface area contributed by atoms with E-state index in [2.05, 4.69) is 52.5 Å². The Morgan fingerprint density at radius 2 is 2.03 bits per heavy atom. The third kappa shape index (κ3) is 4.11. The number of ether oxygens (including phenoxy) is 1. The quantitative estimate of drug-likeness (QED) is 0.483. The summed E-state index contributed by atoms with van der Waals surface area (Å²) in [7, 11) is 1.74. The highest BCUT2D eigenvalue weighted by molar-refractivity contribution is 7.18. The molecule has 0 aliphatic carbocycles. The van der Waals surface area contributed by atoms with Crippen LogP contribution in [0.3, 0.4) is 0 Å². The molecule has 6 nitrogen and oxygen atoms in total. The van der Waals surface area contributed by atoms with Crippen molar-refractivity contribution in [1.29, 1.82) is 0 Å². The number of rotatable bonds is 6. The zero-order chi connectivity index (χ0) is 20.4. The largest absolute Gasteiger partial charge is 0.496 e. The molecule has 0 saturated carbocycles. The van der Waals surface area contributed by atoms with Gasteiger partial charge in [0.1, 0.15) is 23.5 Å². The van der Waals surface area contributed by atoms with Crippen molar-refractivity contribution in [2.24, 2.45) is 5.10 Å². The molecule has 2 N–H and O–H groups in total. The molecule has 3 heterocycles. The number of nitrogens with zero attached hydrogens (tertiary/aromatic N) is 3. The lowest BCUT2D eigenvalue weighted by atomic mass is 10.1. The summed E-state index contributed by atoms with van der Waals surface area (Å²) in [5.74, 6) is 1.71. The number of quaternary nitrogens is 1. The molecular formula is C22H28N5OS+. The van der Waals surface area contributed by atoms with Crippen molar-refractivity contribution in [3.05, 3.63) is 46.1 Å². The second-order valence-corrected chi connectivity index (χ2v) is 8.86. The van der Waals surface area contributed by atoms with Crippen molar-refractivity contribution < 1.29 is 9.64 Å². The molecule has 7 heteroatoms. The fraction of sp³-hybridized carbons (Fsp3) is 0.409. The molecule has 0 spiro atoms. The van der Waals surface area contributed by atoms with Gasteiger partial charge in [-0.15, -0.1) is 11.3 Å². The van der Waals surface area contributed by atoms with Gasteiger partial charge in [-0.1, -0.05) is 0 Å². The van der Waals surface area contributed by atoms with Crippen LogP contribution in [0.5, 0.6) is 5.75 Å².